The van der Waals surface area contributed by atoms with Crippen LogP contribution in [-0.4, -0.2) is 25.2 Å². The van der Waals surface area contributed by atoms with Crippen molar-refractivity contribution in [3.63, 3.8) is 0 Å². The highest BCUT2D eigenvalue weighted by Gasteiger charge is 2.36. The van der Waals surface area contributed by atoms with Gasteiger partial charge in [-0.05, 0) is 38.8 Å². The van der Waals surface area contributed by atoms with Crippen LogP contribution in [0.1, 0.15) is 68.1 Å². The minimum Gasteiger partial charge on any atom is -0.328 e. The van der Waals surface area contributed by atoms with Crippen LogP contribution in [0.2, 0.25) is 0 Å². The topological polar surface area (TPSA) is 64.7 Å². The van der Waals surface area contributed by atoms with E-state index in [4.69, 9.17) is 10.1 Å². The van der Waals surface area contributed by atoms with Crippen LogP contribution in [0, 0.1) is 6.92 Å². The molecule has 1 amide bonds. The molecule has 1 atom stereocenters. The van der Waals surface area contributed by atoms with E-state index in [2.05, 4.69) is 34.5 Å². The summed E-state index contributed by atoms with van der Waals surface area (Å²) < 4.78 is 4.33. The summed E-state index contributed by atoms with van der Waals surface area (Å²) in [6.45, 7) is 5.03. The molecule has 6 heteroatoms. The molecule has 5 rings (SSSR count). The third kappa shape index (κ3) is 2.50. The van der Waals surface area contributed by atoms with Crippen LogP contribution in [0.4, 0.5) is 5.82 Å². The van der Waals surface area contributed by atoms with Gasteiger partial charge < -0.3 is 9.88 Å². The summed E-state index contributed by atoms with van der Waals surface area (Å²) in [5.74, 6) is 1.89. The molecule has 0 saturated heterocycles. The van der Waals surface area contributed by atoms with Crippen LogP contribution in [0.5, 0.6) is 0 Å². The van der Waals surface area contributed by atoms with E-state index >= 15 is 0 Å². The number of carbonyl (C=O) groups is 1. The average molecular weight is 363 g/mol. The maximum absolute atomic E-state index is 12.6. The molecule has 2 aromatic heterocycles. The fourth-order valence-corrected chi connectivity index (χ4v) is 4.90. The van der Waals surface area contributed by atoms with Crippen LogP contribution in [-0.2, 0) is 11.3 Å². The molecule has 0 radical (unpaired) electrons. The number of rotatable bonds is 3. The number of fused-ring (bicyclic) bond motifs is 2. The summed E-state index contributed by atoms with van der Waals surface area (Å²) in [6.07, 6.45) is 5.18. The number of carbonyl (C=O) groups excluding carboxylic acids is 1. The van der Waals surface area contributed by atoms with Crippen molar-refractivity contribution < 1.29 is 4.79 Å². The van der Waals surface area contributed by atoms with Crippen LogP contribution in [0.3, 0.4) is 0 Å². The number of para-hydroxylation sites is 2. The third-order valence-corrected chi connectivity index (χ3v) is 6.11. The first-order valence-corrected chi connectivity index (χ1v) is 10.0. The number of imidazole rings is 1. The van der Waals surface area contributed by atoms with Crippen molar-refractivity contribution in [2.75, 3.05) is 5.32 Å². The van der Waals surface area contributed by atoms with Crippen molar-refractivity contribution >= 4 is 22.8 Å². The van der Waals surface area contributed by atoms with Crippen molar-refractivity contribution in [1.82, 2.24) is 19.3 Å². The SMILES string of the molecule is CCn1c(C2CC(=O)Nc3c2c(C)nn3C2CCCC2)nc2ccccc21. The maximum atomic E-state index is 12.6. The van der Waals surface area contributed by atoms with Crippen molar-refractivity contribution in [2.24, 2.45) is 0 Å². The summed E-state index contributed by atoms with van der Waals surface area (Å²) in [5.41, 5.74) is 4.27. The van der Waals surface area contributed by atoms with Crippen molar-refractivity contribution in [1.29, 1.82) is 0 Å². The Morgan fingerprint density at radius 2 is 2.00 bits per heavy atom. The molecule has 1 aromatic carbocycles. The van der Waals surface area contributed by atoms with Gasteiger partial charge in [-0.2, -0.15) is 5.10 Å². The number of hydrogen-bond donors (Lipinski definition) is 1. The second-order valence-corrected chi connectivity index (χ2v) is 7.74. The molecule has 6 nitrogen and oxygen atoms in total. The lowest BCUT2D eigenvalue weighted by molar-refractivity contribution is -0.116. The van der Waals surface area contributed by atoms with E-state index in [0.717, 1.165) is 53.3 Å². The zero-order chi connectivity index (χ0) is 18.5. The summed E-state index contributed by atoms with van der Waals surface area (Å²) >= 11 is 0. The van der Waals surface area contributed by atoms with Gasteiger partial charge in [-0.3, -0.25) is 4.79 Å². The lowest BCUT2D eigenvalue weighted by Gasteiger charge is -2.25. The quantitative estimate of drug-likeness (QED) is 0.760. The first-order valence-electron chi connectivity index (χ1n) is 10.0. The molecule has 1 unspecified atom stereocenters. The third-order valence-electron chi connectivity index (χ3n) is 6.11. The van der Waals surface area contributed by atoms with Crippen LogP contribution < -0.4 is 5.32 Å². The van der Waals surface area contributed by atoms with Gasteiger partial charge in [0.1, 0.15) is 11.6 Å². The van der Waals surface area contributed by atoms with Gasteiger partial charge in [0, 0.05) is 18.5 Å². The highest BCUT2D eigenvalue weighted by atomic mass is 16.1. The summed E-state index contributed by atoms with van der Waals surface area (Å²) in [4.78, 5) is 17.5. The summed E-state index contributed by atoms with van der Waals surface area (Å²) in [7, 11) is 0. The Balaban J connectivity index is 1.69. The second-order valence-electron chi connectivity index (χ2n) is 7.74. The van der Waals surface area contributed by atoms with E-state index in [1.165, 1.54) is 12.8 Å². The van der Waals surface area contributed by atoms with Gasteiger partial charge in [0.15, 0.2) is 0 Å². The highest BCUT2D eigenvalue weighted by Crippen LogP contribution is 2.42. The predicted octanol–water partition coefficient (Wildman–Crippen LogP) is 4.15. The fourth-order valence-electron chi connectivity index (χ4n) is 4.90. The van der Waals surface area contributed by atoms with Gasteiger partial charge in [-0.25, -0.2) is 9.67 Å². The number of nitrogens with one attached hydrogen (secondary N) is 1. The van der Waals surface area contributed by atoms with E-state index in [-0.39, 0.29) is 11.8 Å². The summed E-state index contributed by atoms with van der Waals surface area (Å²) in [5, 5.41) is 7.98. The average Bonchev–Trinajstić information content (AvgIpc) is 3.38. The molecule has 2 aliphatic rings. The maximum Gasteiger partial charge on any atom is 0.226 e. The molecular weight excluding hydrogens is 338 g/mol. The van der Waals surface area contributed by atoms with Crippen molar-refractivity contribution in [2.45, 2.75) is 64.5 Å². The molecule has 3 aromatic rings. The predicted molar refractivity (Wildman–Crippen MR) is 105 cm³/mol. The molecule has 1 fully saturated rings. The zero-order valence-electron chi connectivity index (χ0n) is 15.9. The number of nitrogens with zero attached hydrogens (tertiary/aromatic N) is 4. The molecule has 3 heterocycles. The molecule has 1 N–H and O–H groups in total. The molecule has 1 saturated carbocycles. The Morgan fingerprint density at radius 3 is 2.78 bits per heavy atom. The minimum atomic E-state index is -0.0451. The molecule has 0 bridgehead atoms. The molecule has 1 aliphatic heterocycles. The largest absolute Gasteiger partial charge is 0.328 e. The highest BCUT2D eigenvalue weighted by molar-refractivity contribution is 5.94. The standard InChI is InChI=1S/C21H25N5O/c1-3-25-17-11-7-6-10-16(17)22-20(25)15-12-18(27)23-21-19(15)13(2)24-26(21)14-8-4-5-9-14/h6-7,10-11,14-15H,3-5,8-9,12H2,1-2H3,(H,23,27). The minimum absolute atomic E-state index is 0.0451. The first-order chi connectivity index (χ1) is 13.2. The molecule has 0 spiro atoms. The normalized spacial score (nSPS) is 20.2. The van der Waals surface area contributed by atoms with Crippen molar-refractivity contribution in [3.05, 3.63) is 41.3 Å². The number of aromatic nitrogens is 4. The Kier molecular flexibility index (Phi) is 3.81. The number of amides is 1. The Labute approximate surface area is 158 Å². The lowest BCUT2D eigenvalue weighted by Crippen LogP contribution is -2.27. The van der Waals surface area contributed by atoms with Gasteiger partial charge in [0.2, 0.25) is 5.91 Å². The molecule has 1 aliphatic carbocycles. The Bertz CT molecular complexity index is 1020. The fraction of sp³-hybridized carbons (Fsp3) is 0.476. The van der Waals surface area contributed by atoms with Gasteiger partial charge in [-0.15, -0.1) is 0 Å². The van der Waals surface area contributed by atoms with E-state index in [0.29, 0.717) is 12.5 Å². The summed E-state index contributed by atoms with van der Waals surface area (Å²) in [6, 6.07) is 8.61. The molecular formula is C21H25N5O. The van der Waals surface area contributed by atoms with Gasteiger partial charge in [0.25, 0.3) is 0 Å². The van der Waals surface area contributed by atoms with Crippen molar-refractivity contribution in [3.8, 4) is 0 Å². The monoisotopic (exact) mass is 363 g/mol. The van der Waals surface area contributed by atoms with Crippen LogP contribution >= 0.6 is 0 Å². The number of hydrogen-bond acceptors (Lipinski definition) is 3. The number of anilines is 1. The smallest absolute Gasteiger partial charge is 0.226 e. The van der Waals surface area contributed by atoms with Gasteiger partial charge in [0.05, 0.1) is 28.7 Å². The van der Waals surface area contributed by atoms with E-state index in [9.17, 15) is 4.79 Å². The Hall–Kier alpha value is -2.63. The van der Waals surface area contributed by atoms with E-state index in [1.54, 1.807) is 0 Å². The van der Waals surface area contributed by atoms with Crippen LogP contribution in [0.15, 0.2) is 24.3 Å². The zero-order valence-corrected chi connectivity index (χ0v) is 15.9. The van der Waals surface area contributed by atoms with E-state index in [1.807, 2.05) is 18.2 Å². The number of benzene rings is 1. The lowest BCUT2D eigenvalue weighted by atomic mass is 9.91. The van der Waals surface area contributed by atoms with Gasteiger partial charge >= 0.3 is 0 Å². The Morgan fingerprint density at radius 1 is 1.22 bits per heavy atom. The first kappa shape index (κ1) is 16.5. The van der Waals surface area contributed by atoms with E-state index < -0.39 is 0 Å². The molecule has 140 valence electrons. The number of aryl methyl sites for hydroxylation is 2. The molecule has 27 heavy (non-hydrogen) atoms. The van der Waals surface area contributed by atoms with Gasteiger partial charge in [-0.1, -0.05) is 25.0 Å². The van der Waals surface area contributed by atoms with Crippen LogP contribution in [0.25, 0.3) is 11.0 Å². The second kappa shape index (κ2) is 6.22.